The first-order valence-electron chi connectivity index (χ1n) is 9.08. The first-order valence-corrected chi connectivity index (χ1v) is 9.08. The quantitative estimate of drug-likeness (QED) is 0.523. The van der Waals surface area contributed by atoms with Crippen LogP contribution in [0.4, 0.5) is 4.39 Å². The van der Waals surface area contributed by atoms with Gasteiger partial charge in [0.25, 0.3) is 0 Å². The maximum atomic E-state index is 13.1. The predicted octanol–water partition coefficient (Wildman–Crippen LogP) is 3.17. The molecule has 146 valence electrons. The van der Waals surface area contributed by atoms with E-state index in [0.29, 0.717) is 17.9 Å². The lowest BCUT2D eigenvalue weighted by molar-refractivity contribution is -0.124. The number of rotatable bonds is 7. The summed E-state index contributed by atoms with van der Waals surface area (Å²) in [4.78, 5) is 12.8. The summed E-state index contributed by atoms with van der Waals surface area (Å²) in [6, 6.07) is 18.7. The van der Waals surface area contributed by atoms with Crippen molar-refractivity contribution in [1.29, 1.82) is 0 Å². The number of hydrogen-bond acceptors (Lipinski definition) is 5. The van der Waals surface area contributed by atoms with Crippen molar-refractivity contribution < 1.29 is 13.6 Å². The average molecular weight is 391 g/mol. The van der Waals surface area contributed by atoms with Crippen molar-refractivity contribution in [3.63, 3.8) is 0 Å². The lowest BCUT2D eigenvalue weighted by Gasteiger charge is -2.16. The molecular weight excluding hydrogens is 373 g/mol. The summed E-state index contributed by atoms with van der Waals surface area (Å²) in [6.07, 6.45) is 1.88. The predicted molar refractivity (Wildman–Crippen MR) is 103 cm³/mol. The molecule has 0 radical (unpaired) electrons. The van der Waals surface area contributed by atoms with E-state index in [1.54, 1.807) is 24.3 Å². The molecule has 0 bridgehead atoms. The van der Waals surface area contributed by atoms with Gasteiger partial charge in [-0.1, -0.05) is 30.3 Å². The molecule has 0 aliphatic heterocycles. The smallest absolute Gasteiger partial charge is 0.245 e. The standard InChI is InChI=1S/C21H18FN5O2/c22-17-8-6-16(7-9-17)20-11-10-18(29-20)13-23-21(28)19(27-14-24-25-26-27)12-15-4-2-1-3-5-15/h1-11,14,19H,12-13H2,(H,23,28)/t19-/m0/s1. The Hall–Kier alpha value is -3.81. The van der Waals surface area contributed by atoms with E-state index in [1.165, 1.54) is 23.1 Å². The van der Waals surface area contributed by atoms with E-state index in [0.717, 1.165) is 11.1 Å². The number of benzene rings is 2. The minimum absolute atomic E-state index is 0.216. The highest BCUT2D eigenvalue weighted by Gasteiger charge is 2.22. The van der Waals surface area contributed by atoms with Gasteiger partial charge in [-0.05, 0) is 52.4 Å². The van der Waals surface area contributed by atoms with E-state index in [4.69, 9.17) is 4.42 Å². The number of carbonyl (C=O) groups is 1. The Kier molecular flexibility index (Phi) is 5.42. The fourth-order valence-electron chi connectivity index (χ4n) is 2.99. The second-order valence-corrected chi connectivity index (χ2v) is 6.49. The number of tetrazole rings is 1. The lowest BCUT2D eigenvalue weighted by Crippen LogP contribution is -2.33. The molecule has 2 aromatic heterocycles. The second-order valence-electron chi connectivity index (χ2n) is 6.49. The van der Waals surface area contributed by atoms with Crippen molar-refractivity contribution in [2.75, 3.05) is 0 Å². The van der Waals surface area contributed by atoms with Crippen molar-refractivity contribution in [3.8, 4) is 11.3 Å². The number of nitrogens with one attached hydrogen (secondary N) is 1. The van der Waals surface area contributed by atoms with Crippen LogP contribution in [0.5, 0.6) is 0 Å². The SMILES string of the molecule is O=C(NCc1ccc(-c2ccc(F)cc2)o1)[C@H](Cc1ccccc1)n1cnnn1. The normalized spacial score (nSPS) is 11.9. The highest BCUT2D eigenvalue weighted by Crippen LogP contribution is 2.22. The molecule has 1 atom stereocenters. The zero-order valence-electron chi connectivity index (χ0n) is 15.4. The van der Waals surface area contributed by atoms with Gasteiger partial charge in [0.05, 0.1) is 6.54 Å². The Bertz CT molecular complexity index is 1060. The third kappa shape index (κ3) is 4.55. The number of amides is 1. The molecule has 4 aromatic rings. The average Bonchev–Trinajstić information content (AvgIpc) is 3.44. The van der Waals surface area contributed by atoms with Crippen LogP contribution in [0, 0.1) is 5.82 Å². The van der Waals surface area contributed by atoms with Crippen LogP contribution in [-0.4, -0.2) is 26.1 Å². The summed E-state index contributed by atoms with van der Waals surface area (Å²) >= 11 is 0. The van der Waals surface area contributed by atoms with Gasteiger partial charge >= 0.3 is 0 Å². The zero-order chi connectivity index (χ0) is 20.1. The number of carbonyl (C=O) groups excluding carboxylic acids is 1. The van der Waals surface area contributed by atoms with Gasteiger partial charge in [-0.2, -0.15) is 0 Å². The van der Waals surface area contributed by atoms with Crippen LogP contribution in [0.15, 0.2) is 77.5 Å². The summed E-state index contributed by atoms with van der Waals surface area (Å²) in [5.74, 6) is 0.671. The van der Waals surface area contributed by atoms with E-state index in [9.17, 15) is 9.18 Å². The number of hydrogen-bond donors (Lipinski definition) is 1. The molecule has 7 nitrogen and oxygen atoms in total. The van der Waals surface area contributed by atoms with Gasteiger partial charge in [0.1, 0.15) is 29.7 Å². The molecule has 0 spiro atoms. The van der Waals surface area contributed by atoms with Gasteiger partial charge in [0.15, 0.2) is 0 Å². The first kappa shape index (κ1) is 18.5. The molecule has 0 saturated carbocycles. The molecule has 0 saturated heterocycles. The Morgan fingerprint density at radius 1 is 1.07 bits per heavy atom. The van der Waals surface area contributed by atoms with Gasteiger partial charge in [-0.3, -0.25) is 4.79 Å². The van der Waals surface area contributed by atoms with Crippen molar-refractivity contribution in [2.45, 2.75) is 19.0 Å². The molecule has 1 N–H and O–H groups in total. The number of furan rings is 1. The van der Waals surface area contributed by atoms with Crippen molar-refractivity contribution in [2.24, 2.45) is 0 Å². The van der Waals surface area contributed by atoms with Gasteiger partial charge in [-0.15, -0.1) is 5.10 Å². The van der Waals surface area contributed by atoms with Crippen LogP contribution in [-0.2, 0) is 17.8 Å². The molecular formula is C21H18FN5O2. The summed E-state index contributed by atoms with van der Waals surface area (Å²) in [5.41, 5.74) is 1.76. The molecule has 0 fully saturated rings. The minimum Gasteiger partial charge on any atom is -0.459 e. The Balaban J connectivity index is 1.43. The fraction of sp³-hybridized carbons (Fsp3) is 0.143. The minimum atomic E-state index is -0.584. The van der Waals surface area contributed by atoms with Crippen molar-refractivity contribution >= 4 is 5.91 Å². The van der Waals surface area contributed by atoms with Gasteiger partial charge < -0.3 is 9.73 Å². The summed E-state index contributed by atoms with van der Waals surface area (Å²) in [6.45, 7) is 0.216. The van der Waals surface area contributed by atoms with Crippen LogP contribution in [0.25, 0.3) is 11.3 Å². The monoisotopic (exact) mass is 391 g/mol. The summed E-state index contributed by atoms with van der Waals surface area (Å²) < 4.78 is 20.3. The number of nitrogens with zero attached hydrogens (tertiary/aromatic N) is 4. The molecule has 2 aromatic carbocycles. The molecule has 0 unspecified atom stereocenters. The molecule has 0 aliphatic rings. The van der Waals surface area contributed by atoms with E-state index in [-0.39, 0.29) is 18.3 Å². The molecule has 0 aliphatic carbocycles. The molecule has 4 rings (SSSR count). The van der Waals surface area contributed by atoms with Crippen molar-refractivity contribution in [1.82, 2.24) is 25.5 Å². The zero-order valence-corrected chi connectivity index (χ0v) is 15.4. The third-order valence-corrected chi connectivity index (χ3v) is 4.49. The Morgan fingerprint density at radius 3 is 2.59 bits per heavy atom. The van der Waals surface area contributed by atoms with E-state index >= 15 is 0 Å². The highest BCUT2D eigenvalue weighted by molar-refractivity contribution is 5.80. The highest BCUT2D eigenvalue weighted by atomic mass is 19.1. The lowest BCUT2D eigenvalue weighted by atomic mass is 10.1. The maximum Gasteiger partial charge on any atom is 0.245 e. The Morgan fingerprint density at radius 2 is 1.86 bits per heavy atom. The van der Waals surface area contributed by atoms with Crippen LogP contribution in [0.1, 0.15) is 17.4 Å². The fourth-order valence-corrected chi connectivity index (χ4v) is 2.99. The van der Waals surface area contributed by atoms with E-state index in [2.05, 4.69) is 20.8 Å². The molecule has 2 heterocycles. The largest absolute Gasteiger partial charge is 0.459 e. The molecule has 8 heteroatoms. The van der Waals surface area contributed by atoms with Gasteiger partial charge in [-0.25, -0.2) is 9.07 Å². The number of aromatic nitrogens is 4. The van der Waals surface area contributed by atoms with Crippen LogP contribution in [0.2, 0.25) is 0 Å². The number of halogens is 1. The van der Waals surface area contributed by atoms with Crippen molar-refractivity contribution in [3.05, 3.63) is 90.2 Å². The van der Waals surface area contributed by atoms with Gasteiger partial charge in [0, 0.05) is 12.0 Å². The summed E-state index contributed by atoms with van der Waals surface area (Å²) in [7, 11) is 0. The maximum absolute atomic E-state index is 13.1. The Labute approximate surface area is 166 Å². The van der Waals surface area contributed by atoms with Crippen LogP contribution in [0.3, 0.4) is 0 Å². The topological polar surface area (TPSA) is 85.8 Å². The van der Waals surface area contributed by atoms with E-state index < -0.39 is 6.04 Å². The third-order valence-electron chi connectivity index (χ3n) is 4.49. The second kappa shape index (κ2) is 8.47. The molecule has 29 heavy (non-hydrogen) atoms. The first-order chi connectivity index (χ1) is 14.2. The van der Waals surface area contributed by atoms with Crippen LogP contribution >= 0.6 is 0 Å². The molecule has 1 amide bonds. The van der Waals surface area contributed by atoms with Gasteiger partial charge in [0.2, 0.25) is 5.91 Å². The summed E-state index contributed by atoms with van der Waals surface area (Å²) in [5, 5.41) is 14.0. The van der Waals surface area contributed by atoms with Crippen LogP contribution < -0.4 is 5.32 Å². The van der Waals surface area contributed by atoms with E-state index in [1.807, 2.05) is 30.3 Å².